The Kier molecular flexibility index (Phi) is 7.70. The molecule has 21 heavy (non-hydrogen) atoms. The van der Waals surface area contributed by atoms with Gasteiger partial charge in [0.25, 0.3) is 0 Å². The van der Waals surface area contributed by atoms with Gasteiger partial charge in [0, 0.05) is 6.07 Å². The molecule has 0 aliphatic carbocycles. The number of carbonyl (C=O) groups excluding carboxylic acids is 2. The maximum atomic E-state index is 12.8. The van der Waals surface area contributed by atoms with Crippen LogP contribution in [0, 0.1) is 31.9 Å². The third-order valence-corrected chi connectivity index (χ3v) is 1.90. The zero-order chi connectivity index (χ0) is 16.4. The van der Waals surface area contributed by atoms with E-state index in [1.54, 1.807) is 0 Å². The summed E-state index contributed by atoms with van der Waals surface area (Å²) in [7, 11) is 0. The molecule has 0 bridgehead atoms. The van der Waals surface area contributed by atoms with E-state index in [0.29, 0.717) is 24.3 Å². The van der Waals surface area contributed by atoms with Gasteiger partial charge in [0.2, 0.25) is 18.0 Å². The van der Waals surface area contributed by atoms with E-state index < -0.39 is 32.9 Å². The van der Waals surface area contributed by atoms with Gasteiger partial charge in [-0.25, -0.2) is 14.0 Å². The van der Waals surface area contributed by atoms with Crippen LogP contribution in [0.15, 0.2) is 20.9 Å². The van der Waals surface area contributed by atoms with Gasteiger partial charge < -0.3 is 0 Å². The number of hydrogen-bond donors (Lipinski definition) is 0. The highest BCUT2D eigenvalue weighted by Gasteiger charge is 2.31. The number of hydrogen-bond acceptors (Lipinski definition) is 9. The standard InChI is InChI=1S/C6H2F2N2O4.C2N2O2S/c7-3-1-2-4(9(11)12)6(5(3)8)10(13)14;5-1-3-7-4-2-6/h1-2H;. The Labute approximate surface area is 117 Å². The van der Waals surface area contributed by atoms with Gasteiger partial charge in [-0.15, -0.1) is 8.80 Å². The van der Waals surface area contributed by atoms with Crippen molar-refractivity contribution >= 4 is 35.7 Å². The average Bonchev–Trinajstić information content (AvgIpc) is 2.42. The number of benzene rings is 1. The molecule has 13 heteroatoms. The minimum absolute atomic E-state index is 0.456. The van der Waals surface area contributed by atoms with Gasteiger partial charge in [-0.2, -0.15) is 4.39 Å². The molecule has 0 N–H and O–H groups in total. The second kappa shape index (κ2) is 8.98. The molecule has 0 unspecified atom stereocenters. The average molecular weight is 320 g/mol. The van der Waals surface area contributed by atoms with Gasteiger partial charge in [-0.1, -0.05) is 0 Å². The van der Waals surface area contributed by atoms with Crippen molar-refractivity contribution in [3.05, 3.63) is 44.0 Å². The monoisotopic (exact) mass is 320 g/mol. The van der Waals surface area contributed by atoms with Gasteiger partial charge in [0.05, 0.1) is 9.85 Å². The third kappa shape index (κ3) is 5.65. The van der Waals surface area contributed by atoms with E-state index in [0.717, 1.165) is 0 Å². The van der Waals surface area contributed by atoms with Crippen molar-refractivity contribution in [3.8, 4) is 0 Å². The van der Waals surface area contributed by atoms with E-state index >= 15 is 0 Å². The van der Waals surface area contributed by atoms with Crippen LogP contribution in [0.25, 0.3) is 0 Å². The minimum atomic E-state index is -1.83. The van der Waals surface area contributed by atoms with Gasteiger partial charge in [-0.05, 0) is 6.07 Å². The van der Waals surface area contributed by atoms with Gasteiger partial charge in [0.15, 0.2) is 5.82 Å². The van der Waals surface area contributed by atoms with Crippen LogP contribution in [-0.4, -0.2) is 22.0 Å². The molecule has 0 aliphatic rings. The summed E-state index contributed by atoms with van der Waals surface area (Å²) in [5, 5.41) is 20.4. The molecule has 0 fully saturated rings. The first-order chi connectivity index (χ1) is 9.86. The first-order valence-corrected chi connectivity index (χ1v) is 5.17. The summed E-state index contributed by atoms with van der Waals surface area (Å²) >= 11 is 0.456. The van der Waals surface area contributed by atoms with Crippen molar-refractivity contribution in [3.63, 3.8) is 0 Å². The summed E-state index contributed by atoms with van der Waals surface area (Å²) in [6, 6.07) is 0.997. The Morgan fingerprint density at radius 1 is 1.05 bits per heavy atom. The fraction of sp³-hybridized carbons (Fsp3) is 0. The van der Waals surface area contributed by atoms with Crippen molar-refractivity contribution < 1.29 is 28.2 Å². The number of nitro benzene ring substituents is 2. The summed E-state index contributed by atoms with van der Waals surface area (Å²) in [6.45, 7) is 0. The fourth-order valence-corrected chi connectivity index (χ4v) is 1.01. The first kappa shape index (κ1) is 18.0. The number of nitro groups is 2. The molecule has 110 valence electrons. The van der Waals surface area contributed by atoms with Gasteiger partial charge >= 0.3 is 11.4 Å². The predicted molar refractivity (Wildman–Crippen MR) is 63.5 cm³/mol. The first-order valence-electron chi connectivity index (χ1n) is 4.44. The molecule has 0 heterocycles. The lowest BCUT2D eigenvalue weighted by Crippen LogP contribution is -2.01. The molecule has 0 radical (unpaired) electrons. The van der Waals surface area contributed by atoms with Crippen molar-refractivity contribution in [1.82, 2.24) is 0 Å². The van der Waals surface area contributed by atoms with Gasteiger partial charge in [-0.3, -0.25) is 20.2 Å². The molecule has 0 amide bonds. The predicted octanol–water partition coefficient (Wildman–Crippen LogP) is 2.00. The highest BCUT2D eigenvalue weighted by Crippen LogP contribution is 2.30. The maximum absolute atomic E-state index is 12.8. The summed E-state index contributed by atoms with van der Waals surface area (Å²) in [6.07, 6.45) is 2.34. The van der Waals surface area contributed by atoms with Crippen LogP contribution >= 0.6 is 12.1 Å². The van der Waals surface area contributed by atoms with Crippen molar-refractivity contribution in [2.24, 2.45) is 8.80 Å². The molecule has 0 spiro atoms. The molecule has 1 aromatic carbocycles. The zero-order valence-corrected chi connectivity index (χ0v) is 10.4. The number of halogens is 2. The van der Waals surface area contributed by atoms with Crippen LogP contribution in [0.3, 0.4) is 0 Å². The molecular weight excluding hydrogens is 318 g/mol. The number of isocyanates is 2. The molecule has 0 aromatic heterocycles. The van der Waals surface area contributed by atoms with Crippen LogP contribution < -0.4 is 0 Å². The molecule has 0 saturated carbocycles. The SMILES string of the molecule is O=C=NSN=C=O.O=[N+]([O-])c1ccc(F)c(F)c1[N+](=O)[O-]. The van der Waals surface area contributed by atoms with E-state index in [9.17, 15) is 38.6 Å². The largest absolute Gasteiger partial charge is 0.384 e. The normalized spacial score (nSPS) is 8.48. The second-order valence-corrected chi connectivity index (χ2v) is 3.22. The smallest absolute Gasteiger partial charge is 0.258 e. The van der Waals surface area contributed by atoms with Gasteiger partial charge in [0.1, 0.15) is 12.1 Å². The van der Waals surface area contributed by atoms with Crippen LogP contribution in [0.1, 0.15) is 0 Å². The Bertz CT molecular complexity index is 640. The summed E-state index contributed by atoms with van der Waals surface area (Å²) in [5.41, 5.74) is -2.54. The number of rotatable bonds is 4. The highest BCUT2D eigenvalue weighted by atomic mass is 32.2. The quantitative estimate of drug-likeness (QED) is 0.271. The van der Waals surface area contributed by atoms with Crippen LogP contribution in [0.5, 0.6) is 0 Å². The Morgan fingerprint density at radius 3 is 1.95 bits per heavy atom. The lowest BCUT2D eigenvalue weighted by Gasteiger charge is -1.96. The van der Waals surface area contributed by atoms with Crippen molar-refractivity contribution in [1.29, 1.82) is 0 Å². The molecule has 0 aliphatic heterocycles. The highest BCUT2D eigenvalue weighted by molar-refractivity contribution is 7.96. The van der Waals surface area contributed by atoms with E-state index in [4.69, 9.17) is 0 Å². The Morgan fingerprint density at radius 2 is 1.57 bits per heavy atom. The Balaban J connectivity index is 0.000000486. The maximum Gasteiger partial charge on any atom is 0.384 e. The number of nitrogens with zero attached hydrogens (tertiary/aromatic N) is 4. The molecule has 0 saturated heterocycles. The minimum Gasteiger partial charge on any atom is -0.258 e. The van der Waals surface area contributed by atoms with Crippen LogP contribution in [0.2, 0.25) is 0 Å². The van der Waals surface area contributed by atoms with E-state index in [-0.39, 0.29) is 0 Å². The van der Waals surface area contributed by atoms with E-state index in [1.807, 2.05) is 0 Å². The topological polar surface area (TPSA) is 145 Å². The molecule has 1 aromatic rings. The third-order valence-electron chi connectivity index (χ3n) is 1.58. The van der Waals surface area contributed by atoms with Crippen molar-refractivity contribution in [2.45, 2.75) is 0 Å². The lowest BCUT2D eigenvalue weighted by atomic mass is 10.2. The lowest BCUT2D eigenvalue weighted by molar-refractivity contribution is -0.424. The van der Waals surface area contributed by atoms with E-state index in [2.05, 4.69) is 8.80 Å². The molecule has 1 rings (SSSR count). The van der Waals surface area contributed by atoms with Crippen LogP contribution in [-0.2, 0) is 9.59 Å². The summed E-state index contributed by atoms with van der Waals surface area (Å²) in [4.78, 5) is 36.3. The molecule has 10 nitrogen and oxygen atoms in total. The molecular formula is C8H2F2N4O6S. The van der Waals surface area contributed by atoms with Crippen LogP contribution in [0.4, 0.5) is 20.2 Å². The second-order valence-electron chi connectivity index (χ2n) is 2.69. The van der Waals surface area contributed by atoms with E-state index in [1.165, 1.54) is 12.2 Å². The Hall–Kier alpha value is -3.01. The summed E-state index contributed by atoms with van der Waals surface area (Å²) in [5.74, 6) is -3.33. The zero-order valence-electron chi connectivity index (χ0n) is 9.56. The van der Waals surface area contributed by atoms with Crippen molar-refractivity contribution in [2.75, 3.05) is 0 Å². The molecule has 0 atom stereocenters. The fourth-order valence-electron chi connectivity index (χ4n) is 0.904. The summed E-state index contributed by atoms with van der Waals surface area (Å²) < 4.78 is 30.9.